The first kappa shape index (κ1) is 23.0. The third kappa shape index (κ3) is 4.91. The SMILES string of the molecule is COc1cccc(/C=C2/SC(=O)N(CC(=O)Nc3ccc4c(c3)OCO4)C2=O)c1OCC(=O)O. The number of anilines is 1. The number of ether oxygens (including phenoxy) is 4. The molecule has 0 saturated carbocycles. The van der Waals surface area contributed by atoms with Crippen LogP contribution >= 0.6 is 11.8 Å². The molecule has 2 aromatic rings. The number of methoxy groups -OCH3 is 1. The minimum Gasteiger partial charge on any atom is -0.493 e. The fraction of sp³-hybridized carbons (Fsp3) is 0.182. The Morgan fingerprint density at radius 1 is 1.21 bits per heavy atom. The van der Waals surface area contributed by atoms with Gasteiger partial charge in [0.1, 0.15) is 6.54 Å². The first-order chi connectivity index (χ1) is 16.4. The van der Waals surface area contributed by atoms with E-state index in [0.717, 1.165) is 4.90 Å². The van der Waals surface area contributed by atoms with E-state index in [4.69, 9.17) is 24.1 Å². The van der Waals surface area contributed by atoms with Crippen molar-refractivity contribution in [2.24, 2.45) is 0 Å². The summed E-state index contributed by atoms with van der Waals surface area (Å²) in [6, 6.07) is 9.61. The first-order valence-corrected chi connectivity index (χ1v) is 10.6. The number of carboxylic acid groups (broad SMARTS) is 1. The third-order valence-electron chi connectivity index (χ3n) is 4.69. The minimum atomic E-state index is -1.19. The molecule has 176 valence electrons. The number of hydrogen-bond acceptors (Lipinski definition) is 9. The molecule has 0 radical (unpaired) electrons. The van der Waals surface area contributed by atoms with E-state index in [2.05, 4.69) is 5.32 Å². The smallest absolute Gasteiger partial charge is 0.341 e. The summed E-state index contributed by atoms with van der Waals surface area (Å²) in [5, 5.41) is 10.9. The number of nitrogens with one attached hydrogen (secondary N) is 1. The van der Waals surface area contributed by atoms with Crippen LogP contribution in [0.1, 0.15) is 5.56 Å². The number of rotatable bonds is 8. The van der Waals surface area contributed by atoms with Crippen LogP contribution < -0.4 is 24.3 Å². The van der Waals surface area contributed by atoms with E-state index >= 15 is 0 Å². The van der Waals surface area contributed by atoms with Crippen molar-refractivity contribution >= 4 is 46.5 Å². The molecular weight excluding hydrogens is 468 g/mol. The Labute approximate surface area is 197 Å². The fourth-order valence-electron chi connectivity index (χ4n) is 3.19. The molecule has 2 aliphatic heterocycles. The van der Waals surface area contributed by atoms with Crippen molar-refractivity contribution in [1.82, 2.24) is 4.90 Å². The lowest BCUT2D eigenvalue weighted by Crippen LogP contribution is -2.36. The van der Waals surface area contributed by atoms with Gasteiger partial charge < -0.3 is 29.4 Å². The molecule has 0 unspecified atom stereocenters. The second kappa shape index (κ2) is 9.75. The largest absolute Gasteiger partial charge is 0.493 e. The van der Waals surface area contributed by atoms with Gasteiger partial charge in [0, 0.05) is 17.3 Å². The van der Waals surface area contributed by atoms with Crippen LogP contribution in [0, 0.1) is 0 Å². The number of fused-ring (bicyclic) bond motifs is 1. The molecule has 0 bridgehead atoms. The molecule has 2 heterocycles. The Morgan fingerprint density at radius 2 is 2.00 bits per heavy atom. The highest BCUT2D eigenvalue weighted by Crippen LogP contribution is 2.38. The van der Waals surface area contributed by atoms with Gasteiger partial charge in [-0.1, -0.05) is 12.1 Å². The average molecular weight is 486 g/mol. The minimum absolute atomic E-state index is 0.0503. The van der Waals surface area contributed by atoms with Crippen molar-refractivity contribution in [2.75, 3.05) is 32.4 Å². The molecule has 0 spiro atoms. The van der Waals surface area contributed by atoms with Crippen LogP contribution in [0.5, 0.6) is 23.0 Å². The number of imide groups is 1. The number of thioether (sulfide) groups is 1. The van der Waals surface area contributed by atoms with E-state index in [0.29, 0.717) is 34.5 Å². The third-order valence-corrected chi connectivity index (χ3v) is 5.59. The lowest BCUT2D eigenvalue weighted by atomic mass is 10.1. The van der Waals surface area contributed by atoms with Crippen molar-refractivity contribution in [2.45, 2.75) is 0 Å². The molecule has 34 heavy (non-hydrogen) atoms. The molecule has 2 N–H and O–H groups in total. The number of carbonyl (C=O) groups excluding carboxylic acids is 3. The van der Waals surface area contributed by atoms with Crippen LogP contribution in [0.15, 0.2) is 41.3 Å². The number of carboxylic acids is 1. The van der Waals surface area contributed by atoms with Crippen molar-refractivity contribution in [3.8, 4) is 23.0 Å². The maximum absolute atomic E-state index is 12.8. The Bertz CT molecular complexity index is 1210. The summed E-state index contributed by atoms with van der Waals surface area (Å²) in [4.78, 5) is 49.5. The molecule has 0 aliphatic carbocycles. The summed E-state index contributed by atoms with van der Waals surface area (Å²) in [5.41, 5.74) is 0.768. The van der Waals surface area contributed by atoms with Gasteiger partial charge in [-0.3, -0.25) is 19.3 Å². The zero-order chi connectivity index (χ0) is 24.2. The highest BCUT2D eigenvalue weighted by Gasteiger charge is 2.36. The van der Waals surface area contributed by atoms with Gasteiger partial charge in [-0.2, -0.15) is 0 Å². The van der Waals surface area contributed by atoms with E-state index in [-0.39, 0.29) is 23.2 Å². The van der Waals surface area contributed by atoms with Gasteiger partial charge >= 0.3 is 5.97 Å². The monoisotopic (exact) mass is 486 g/mol. The Morgan fingerprint density at radius 3 is 2.76 bits per heavy atom. The number of amides is 3. The van der Waals surface area contributed by atoms with Gasteiger partial charge in [0.15, 0.2) is 29.6 Å². The van der Waals surface area contributed by atoms with E-state index in [1.54, 1.807) is 36.4 Å². The molecule has 11 nitrogen and oxygen atoms in total. The Hall–Kier alpha value is -4.19. The molecule has 0 atom stereocenters. The molecule has 3 amide bonds. The van der Waals surface area contributed by atoms with Crippen LogP contribution in [-0.2, 0) is 14.4 Å². The quantitative estimate of drug-likeness (QED) is 0.535. The number of aliphatic carboxylic acids is 1. The fourth-order valence-corrected chi connectivity index (χ4v) is 4.02. The standard InChI is InChI=1S/C22H18N2O9S/c1-30-15-4-2-3-12(20(15)31-10-19(26)27)7-17-21(28)24(22(29)34-17)9-18(25)23-13-5-6-14-16(8-13)33-11-32-14/h2-8H,9-11H2,1H3,(H,23,25)(H,26,27)/b17-7+. The van der Waals surface area contributed by atoms with Gasteiger partial charge in [0.2, 0.25) is 12.7 Å². The maximum Gasteiger partial charge on any atom is 0.341 e. The van der Waals surface area contributed by atoms with Crippen LogP contribution in [0.4, 0.5) is 10.5 Å². The lowest BCUT2D eigenvalue weighted by molar-refractivity contribution is -0.139. The predicted octanol–water partition coefficient (Wildman–Crippen LogP) is 2.56. The van der Waals surface area contributed by atoms with Gasteiger partial charge in [-0.15, -0.1) is 0 Å². The lowest BCUT2D eigenvalue weighted by Gasteiger charge is -2.13. The molecule has 1 saturated heterocycles. The second-order valence-electron chi connectivity index (χ2n) is 6.95. The number of benzene rings is 2. The van der Waals surface area contributed by atoms with Crippen LogP contribution in [0.25, 0.3) is 6.08 Å². The normalized spacial score (nSPS) is 15.6. The molecule has 1 fully saturated rings. The Kier molecular flexibility index (Phi) is 6.59. The van der Waals surface area contributed by atoms with Gasteiger partial charge in [-0.25, -0.2) is 4.79 Å². The molecule has 12 heteroatoms. The Balaban J connectivity index is 1.48. The van der Waals surface area contributed by atoms with Crippen LogP contribution in [0.2, 0.25) is 0 Å². The topological polar surface area (TPSA) is 141 Å². The highest BCUT2D eigenvalue weighted by molar-refractivity contribution is 8.18. The zero-order valence-corrected chi connectivity index (χ0v) is 18.5. The molecule has 0 aromatic heterocycles. The number of carbonyl (C=O) groups is 4. The van der Waals surface area contributed by atoms with Crippen LogP contribution in [-0.4, -0.2) is 60.1 Å². The summed E-state index contributed by atoms with van der Waals surface area (Å²) in [6.45, 7) is -1.02. The summed E-state index contributed by atoms with van der Waals surface area (Å²) >= 11 is 0.657. The summed E-state index contributed by atoms with van der Waals surface area (Å²) in [5.74, 6) is -1.02. The van der Waals surface area contributed by atoms with Gasteiger partial charge in [0.05, 0.1) is 12.0 Å². The summed E-state index contributed by atoms with van der Waals surface area (Å²) in [7, 11) is 1.39. The molecule has 2 aliphatic rings. The number of nitrogens with zero attached hydrogens (tertiary/aromatic N) is 1. The number of para-hydroxylation sites is 1. The van der Waals surface area contributed by atoms with Gasteiger partial charge in [0.25, 0.3) is 11.1 Å². The van der Waals surface area contributed by atoms with E-state index < -0.39 is 36.2 Å². The van der Waals surface area contributed by atoms with Crippen molar-refractivity contribution in [3.63, 3.8) is 0 Å². The van der Waals surface area contributed by atoms with Crippen molar-refractivity contribution in [1.29, 1.82) is 0 Å². The van der Waals surface area contributed by atoms with E-state index in [1.165, 1.54) is 13.2 Å². The zero-order valence-electron chi connectivity index (χ0n) is 17.7. The highest BCUT2D eigenvalue weighted by atomic mass is 32.2. The average Bonchev–Trinajstić information content (AvgIpc) is 3.37. The van der Waals surface area contributed by atoms with Crippen LogP contribution in [0.3, 0.4) is 0 Å². The molecule has 4 rings (SSSR count). The number of hydrogen-bond donors (Lipinski definition) is 2. The second-order valence-corrected chi connectivity index (χ2v) is 7.94. The molecule has 2 aromatic carbocycles. The first-order valence-electron chi connectivity index (χ1n) is 9.82. The predicted molar refractivity (Wildman–Crippen MR) is 120 cm³/mol. The van der Waals surface area contributed by atoms with E-state index in [9.17, 15) is 19.2 Å². The van der Waals surface area contributed by atoms with Crippen molar-refractivity contribution < 1.29 is 43.2 Å². The maximum atomic E-state index is 12.8. The van der Waals surface area contributed by atoms with Crippen molar-refractivity contribution in [3.05, 3.63) is 46.9 Å². The summed E-state index contributed by atoms with van der Waals surface area (Å²) in [6.07, 6.45) is 1.39. The summed E-state index contributed by atoms with van der Waals surface area (Å²) < 4.78 is 21.0. The van der Waals surface area contributed by atoms with Gasteiger partial charge in [-0.05, 0) is 36.0 Å². The molecular formula is C22H18N2O9S. The van der Waals surface area contributed by atoms with E-state index in [1.807, 2.05) is 0 Å².